The first-order chi connectivity index (χ1) is 10.7. The molecule has 0 saturated carbocycles. The van der Waals surface area contributed by atoms with Crippen molar-refractivity contribution in [3.8, 4) is 0 Å². The first-order valence-electron chi connectivity index (χ1n) is 8.06. The number of hydrogen-bond donors (Lipinski definition) is 1. The number of hydrogen-bond acceptors (Lipinski definition) is 3. The number of likely N-dealkylation sites (tertiary alicyclic amines) is 1. The molecule has 0 bridgehead atoms. The van der Waals surface area contributed by atoms with Gasteiger partial charge in [-0.05, 0) is 44.5 Å². The second kappa shape index (κ2) is 6.48. The molecular formula is C17H23N3O2. The fraction of sp³-hybridized carbons (Fsp3) is 0.529. The summed E-state index contributed by atoms with van der Waals surface area (Å²) in [5.74, 6) is 0.227. The number of benzene rings is 1. The van der Waals surface area contributed by atoms with E-state index >= 15 is 0 Å². The number of carbonyl (C=O) groups is 2. The summed E-state index contributed by atoms with van der Waals surface area (Å²) in [4.78, 5) is 28.4. The number of rotatable bonds is 4. The van der Waals surface area contributed by atoms with E-state index in [-0.39, 0.29) is 17.9 Å². The zero-order valence-electron chi connectivity index (χ0n) is 13.0. The Balaban J connectivity index is 1.79. The minimum Gasteiger partial charge on any atom is -0.334 e. The highest BCUT2D eigenvalue weighted by Gasteiger charge is 2.29. The molecule has 3 rings (SSSR count). The summed E-state index contributed by atoms with van der Waals surface area (Å²) in [6.07, 6.45) is 3.61. The molecule has 1 unspecified atom stereocenters. The Morgan fingerprint density at radius 2 is 2.18 bits per heavy atom. The number of carbonyl (C=O) groups excluding carboxylic acids is 2. The maximum Gasteiger partial charge on any atom is 0.254 e. The van der Waals surface area contributed by atoms with Crippen LogP contribution >= 0.6 is 0 Å². The van der Waals surface area contributed by atoms with Crippen LogP contribution in [0.1, 0.15) is 36.0 Å². The van der Waals surface area contributed by atoms with Crippen LogP contribution in [-0.2, 0) is 4.79 Å². The van der Waals surface area contributed by atoms with E-state index < -0.39 is 0 Å². The third-order valence-electron chi connectivity index (χ3n) is 4.56. The summed E-state index contributed by atoms with van der Waals surface area (Å²) >= 11 is 0. The van der Waals surface area contributed by atoms with Gasteiger partial charge in [-0.15, -0.1) is 0 Å². The van der Waals surface area contributed by atoms with Crippen LogP contribution in [0.3, 0.4) is 0 Å². The molecule has 1 atom stereocenters. The molecular weight excluding hydrogens is 278 g/mol. The monoisotopic (exact) mass is 301 g/mol. The number of anilines is 1. The molecule has 1 N–H and O–H groups in total. The molecule has 0 aromatic heterocycles. The number of amides is 2. The van der Waals surface area contributed by atoms with Crippen molar-refractivity contribution < 1.29 is 9.59 Å². The van der Waals surface area contributed by atoms with Gasteiger partial charge >= 0.3 is 0 Å². The first-order valence-corrected chi connectivity index (χ1v) is 8.06. The SMILES string of the molecule is CNCC1CCCN1C(=O)c1cccc(N2CCCC2=O)c1. The van der Waals surface area contributed by atoms with E-state index in [2.05, 4.69) is 5.32 Å². The fourth-order valence-electron chi connectivity index (χ4n) is 3.44. The molecule has 0 aliphatic carbocycles. The quantitative estimate of drug-likeness (QED) is 0.920. The van der Waals surface area contributed by atoms with Crippen molar-refractivity contribution in [2.45, 2.75) is 31.7 Å². The van der Waals surface area contributed by atoms with Crippen molar-refractivity contribution in [2.75, 3.05) is 31.6 Å². The van der Waals surface area contributed by atoms with Crippen molar-refractivity contribution in [3.63, 3.8) is 0 Å². The molecule has 22 heavy (non-hydrogen) atoms. The maximum atomic E-state index is 12.8. The van der Waals surface area contributed by atoms with Crippen molar-refractivity contribution in [1.29, 1.82) is 0 Å². The lowest BCUT2D eigenvalue weighted by molar-refractivity contribution is -0.117. The molecule has 0 radical (unpaired) electrons. The van der Waals surface area contributed by atoms with Crippen LogP contribution in [0.15, 0.2) is 24.3 Å². The molecule has 2 amide bonds. The van der Waals surface area contributed by atoms with Crippen LogP contribution in [0.25, 0.3) is 0 Å². The largest absolute Gasteiger partial charge is 0.334 e. The Kier molecular flexibility index (Phi) is 4.43. The Morgan fingerprint density at radius 3 is 2.91 bits per heavy atom. The van der Waals surface area contributed by atoms with Gasteiger partial charge in [-0.25, -0.2) is 0 Å². The predicted molar refractivity (Wildman–Crippen MR) is 86.0 cm³/mol. The van der Waals surface area contributed by atoms with Crippen LogP contribution in [0.2, 0.25) is 0 Å². The van der Waals surface area contributed by atoms with E-state index in [1.54, 1.807) is 4.90 Å². The van der Waals surface area contributed by atoms with Gasteiger partial charge in [-0.2, -0.15) is 0 Å². The summed E-state index contributed by atoms with van der Waals surface area (Å²) in [6.45, 7) is 2.40. The van der Waals surface area contributed by atoms with Gasteiger partial charge in [0.25, 0.3) is 5.91 Å². The van der Waals surface area contributed by atoms with Gasteiger partial charge in [-0.3, -0.25) is 9.59 Å². The third-order valence-corrected chi connectivity index (χ3v) is 4.56. The minimum atomic E-state index is 0.0752. The zero-order chi connectivity index (χ0) is 15.5. The van der Waals surface area contributed by atoms with Gasteiger partial charge in [0.2, 0.25) is 5.91 Å². The van der Waals surface area contributed by atoms with E-state index in [1.165, 1.54) is 0 Å². The van der Waals surface area contributed by atoms with Gasteiger partial charge < -0.3 is 15.1 Å². The van der Waals surface area contributed by atoms with E-state index in [9.17, 15) is 9.59 Å². The molecule has 1 aromatic rings. The van der Waals surface area contributed by atoms with Gasteiger partial charge in [0.15, 0.2) is 0 Å². The van der Waals surface area contributed by atoms with Crippen LogP contribution < -0.4 is 10.2 Å². The average molecular weight is 301 g/mol. The molecule has 5 heteroatoms. The predicted octanol–water partition coefficient (Wildman–Crippen LogP) is 1.64. The lowest BCUT2D eigenvalue weighted by Crippen LogP contribution is -2.40. The summed E-state index contributed by atoms with van der Waals surface area (Å²) < 4.78 is 0. The van der Waals surface area contributed by atoms with Crippen molar-refractivity contribution in [2.24, 2.45) is 0 Å². The summed E-state index contributed by atoms with van der Waals surface area (Å²) in [5.41, 5.74) is 1.53. The van der Waals surface area contributed by atoms with E-state index in [0.717, 1.165) is 44.6 Å². The van der Waals surface area contributed by atoms with Crippen LogP contribution in [-0.4, -0.2) is 49.4 Å². The highest BCUT2D eigenvalue weighted by Crippen LogP contribution is 2.25. The first kappa shape index (κ1) is 15.0. The van der Waals surface area contributed by atoms with Crippen LogP contribution in [0.4, 0.5) is 5.69 Å². The molecule has 2 aliphatic rings. The van der Waals surface area contributed by atoms with Gasteiger partial charge in [-0.1, -0.05) is 6.07 Å². The van der Waals surface area contributed by atoms with Crippen LogP contribution in [0, 0.1) is 0 Å². The molecule has 0 spiro atoms. The Morgan fingerprint density at radius 1 is 1.32 bits per heavy atom. The highest BCUT2D eigenvalue weighted by atomic mass is 16.2. The topological polar surface area (TPSA) is 52.7 Å². The molecule has 1 aromatic carbocycles. The smallest absolute Gasteiger partial charge is 0.254 e. The maximum absolute atomic E-state index is 12.8. The molecule has 5 nitrogen and oxygen atoms in total. The number of nitrogens with one attached hydrogen (secondary N) is 1. The summed E-state index contributed by atoms with van der Waals surface area (Å²) in [5, 5.41) is 3.16. The van der Waals surface area contributed by atoms with Crippen molar-refractivity contribution >= 4 is 17.5 Å². The standard InChI is InChI=1S/C17H23N3O2/c1-18-12-15-7-3-10-20(15)17(22)13-5-2-6-14(11-13)19-9-4-8-16(19)21/h2,5-6,11,15,18H,3-4,7-10,12H2,1H3. The fourth-order valence-corrected chi connectivity index (χ4v) is 3.44. The Hall–Kier alpha value is -1.88. The molecule has 2 aliphatic heterocycles. The van der Waals surface area contributed by atoms with Gasteiger partial charge in [0.1, 0.15) is 0 Å². The lowest BCUT2D eigenvalue weighted by Gasteiger charge is -2.25. The summed E-state index contributed by atoms with van der Waals surface area (Å²) in [7, 11) is 1.92. The highest BCUT2D eigenvalue weighted by molar-refractivity contribution is 5.99. The third kappa shape index (κ3) is 2.86. The normalized spacial score (nSPS) is 21.7. The Labute approximate surface area is 131 Å². The molecule has 118 valence electrons. The second-order valence-corrected chi connectivity index (χ2v) is 6.05. The van der Waals surface area contributed by atoms with E-state index in [0.29, 0.717) is 12.0 Å². The van der Waals surface area contributed by atoms with Crippen molar-refractivity contribution in [1.82, 2.24) is 10.2 Å². The summed E-state index contributed by atoms with van der Waals surface area (Å²) in [6, 6.07) is 7.77. The number of nitrogens with zero attached hydrogens (tertiary/aromatic N) is 2. The Bertz CT molecular complexity index is 573. The van der Waals surface area contributed by atoms with E-state index in [1.807, 2.05) is 36.2 Å². The average Bonchev–Trinajstić information content (AvgIpc) is 3.16. The second-order valence-electron chi connectivity index (χ2n) is 6.05. The van der Waals surface area contributed by atoms with E-state index in [4.69, 9.17) is 0 Å². The lowest BCUT2D eigenvalue weighted by atomic mass is 10.1. The molecule has 2 saturated heterocycles. The van der Waals surface area contributed by atoms with Gasteiger partial charge in [0.05, 0.1) is 0 Å². The van der Waals surface area contributed by atoms with Gasteiger partial charge in [0, 0.05) is 43.3 Å². The zero-order valence-corrected chi connectivity index (χ0v) is 13.0. The molecule has 2 fully saturated rings. The van der Waals surface area contributed by atoms with Crippen LogP contribution in [0.5, 0.6) is 0 Å². The minimum absolute atomic E-state index is 0.0752. The molecule has 2 heterocycles. The van der Waals surface area contributed by atoms with Crippen molar-refractivity contribution in [3.05, 3.63) is 29.8 Å². The number of likely N-dealkylation sites (N-methyl/N-ethyl adjacent to an activating group) is 1.